The van der Waals surface area contributed by atoms with Gasteiger partial charge < -0.3 is 15.0 Å². The molecule has 1 aromatic heterocycles. The van der Waals surface area contributed by atoms with Gasteiger partial charge in [-0.05, 0) is 44.7 Å². The normalized spacial score (nSPS) is 25.8. The minimum atomic E-state index is -1.14. The number of carboxylic acids is 1. The maximum absolute atomic E-state index is 12.6. The maximum atomic E-state index is 12.6. The van der Waals surface area contributed by atoms with Gasteiger partial charge in [0.05, 0.1) is 0 Å². The van der Waals surface area contributed by atoms with Gasteiger partial charge in [0.25, 0.3) is 5.91 Å². The summed E-state index contributed by atoms with van der Waals surface area (Å²) in [6, 6.07) is 3.70. The fraction of sp³-hybridized carbons (Fsp3) is 0.625. The number of carbonyl (C=O) groups excluding carboxylic acids is 1. The molecule has 2 unspecified atom stereocenters. The first-order valence-corrected chi connectivity index (χ1v) is 7.61. The summed E-state index contributed by atoms with van der Waals surface area (Å²) < 4.78 is 1.86. The molecule has 2 rings (SSSR count). The van der Waals surface area contributed by atoms with Gasteiger partial charge in [0, 0.05) is 12.2 Å². The van der Waals surface area contributed by atoms with E-state index in [-0.39, 0.29) is 17.9 Å². The first kappa shape index (κ1) is 15.6. The predicted octanol–water partition coefficient (Wildman–Crippen LogP) is 2.83. The highest BCUT2D eigenvalue weighted by Crippen LogP contribution is 2.34. The van der Waals surface area contributed by atoms with Crippen LogP contribution in [-0.2, 0) is 4.79 Å². The van der Waals surface area contributed by atoms with Crippen LogP contribution in [-0.4, -0.2) is 27.1 Å². The van der Waals surface area contributed by atoms with Crippen molar-refractivity contribution < 1.29 is 14.7 Å². The average molecular weight is 292 g/mol. The van der Waals surface area contributed by atoms with E-state index in [0.29, 0.717) is 12.1 Å². The number of hydrogen-bond acceptors (Lipinski definition) is 2. The number of carbonyl (C=O) groups is 2. The van der Waals surface area contributed by atoms with Crippen molar-refractivity contribution >= 4 is 11.9 Å². The highest BCUT2D eigenvalue weighted by molar-refractivity contribution is 5.97. The summed E-state index contributed by atoms with van der Waals surface area (Å²) in [6.07, 6.45) is 5.03. The Bertz CT molecular complexity index is 535. The lowest BCUT2D eigenvalue weighted by Gasteiger charge is -2.39. The molecule has 2 N–H and O–H groups in total. The van der Waals surface area contributed by atoms with Gasteiger partial charge in [-0.2, -0.15) is 0 Å². The Hall–Kier alpha value is -1.78. The lowest BCUT2D eigenvalue weighted by atomic mass is 9.73. The molecule has 0 saturated heterocycles. The number of nitrogens with zero attached hydrogens (tertiary/aromatic N) is 1. The Labute approximate surface area is 125 Å². The minimum Gasteiger partial charge on any atom is -0.479 e. The number of carboxylic acid groups (broad SMARTS) is 1. The first-order valence-electron chi connectivity index (χ1n) is 7.61. The Balaban J connectivity index is 2.27. The first-order chi connectivity index (χ1) is 9.88. The second kappa shape index (κ2) is 5.92. The van der Waals surface area contributed by atoms with Crippen molar-refractivity contribution in [2.24, 2.45) is 5.92 Å². The molecule has 0 radical (unpaired) electrons. The van der Waals surface area contributed by atoms with Crippen LogP contribution >= 0.6 is 0 Å². The smallest absolute Gasteiger partial charge is 0.329 e. The van der Waals surface area contributed by atoms with Crippen LogP contribution in [0, 0.1) is 5.92 Å². The third-order valence-electron chi connectivity index (χ3n) is 4.59. The second-order valence-electron chi connectivity index (χ2n) is 6.27. The number of aromatic nitrogens is 1. The third-order valence-corrected chi connectivity index (χ3v) is 4.59. The number of hydrogen-bond donors (Lipinski definition) is 2. The molecule has 1 aromatic rings. The minimum absolute atomic E-state index is 0.0600. The SMILES string of the molecule is CC(C)n1cccc1C(=O)NC1(C(=O)O)CCCCC1C. The number of aliphatic carboxylic acids is 1. The monoisotopic (exact) mass is 292 g/mol. The molecule has 1 saturated carbocycles. The van der Waals surface area contributed by atoms with Crippen LogP contribution in [0.4, 0.5) is 0 Å². The van der Waals surface area contributed by atoms with Crippen molar-refractivity contribution in [1.29, 1.82) is 0 Å². The molecule has 0 bridgehead atoms. The van der Waals surface area contributed by atoms with Crippen molar-refractivity contribution in [3.05, 3.63) is 24.0 Å². The lowest BCUT2D eigenvalue weighted by molar-refractivity contribution is -0.148. The standard InChI is InChI=1S/C16H24N2O3/c1-11(2)18-10-6-8-13(18)14(19)17-16(15(20)21)9-5-4-7-12(16)3/h6,8,10-12H,4-5,7,9H2,1-3H3,(H,17,19)(H,20,21). The van der Waals surface area contributed by atoms with Gasteiger partial charge in [-0.25, -0.2) is 4.79 Å². The molecule has 1 aliphatic carbocycles. The largest absolute Gasteiger partial charge is 0.479 e. The number of nitrogens with one attached hydrogen (secondary N) is 1. The summed E-state index contributed by atoms with van der Waals surface area (Å²) in [5.41, 5.74) is -0.620. The zero-order valence-electron chi connectivity index (χ0n) is 12.9. The van der Waals surface area contributed by atoms with E-state index >= 15 is 0 Å². The van der Waals surface area contributed by atoms with Crippen molar-refractivity contribution in [1.82, 2.24) is 9.88 Å². The molecule has 1 heterocycles. The summed E-state index contributed by atoms with van der Waals surface area (Å²) in [7, 11) is 0. The van der Waals surface area contributed by atoms with E-state index in [1.54, 1.807) is 6.07 Å². The highest BCUT2D eigenvalue weighted by Gasteiger charge is 2.46. The molecule has 0 aliphatic heterocycles. The van der Waals surface area contributed by atoms with E-state index in [9.17, 15) is 14.7 Å². The molecule has 1 fully saturated rings. The van der Waals surface area contributed by atoms with E-state index in [2.05, 4.69) is 5.32 Å². The van der Waals surface area contributed by atoms with Crippen molar-refractivity contribution in [3.8, 4) is 0 Å². The summed E-state index contributed by atoms with van der Waals surface area (Å²) in [5.74, 6) is -1.29. The van der Waals surface area contributed by atoms with E-state index in [1.165, 1.54) is 0 Å². The van der Waals surface area contributed by atoms with Crippen LogP contribution in [0.1, 0.15) is 63.0 Å². The molecular weight excluding hydrogens is 268 g/mol. The Morgan fingerprint density at radius 3 is 2.71 bits per heavy atom. The summed E-state index contributed by atoms with van der Waals surface area (Å²) in [4.78, 5) is 24.3. The van der Waals surface area contributed by atoms with Crippen molar-refractivity contribution in [2.75, 3.05) is 0 Å². The molecule has 1 amide bonds. The Kier molecular flexibility index (Phi) is 4.40. The van der Waals surface area contributed by atoms with Gasteiger partial charge >= 0.3 is 5.97 Å². The van der Waals surface area contributed by atoms with Gasteiger partial charge in [0.2, 0.25) is 0 Å². The molecule has 21 heavy (non-hydrogen) atoms. The maximum Gasteiger partial charge on any atom is 0.329 e. The molecule has 116 valence electrons. The Morgan fingerprint density at radius 2 is 2.14 bits per heavy atom. The van der Waals surface area contributed by atoms with Gasteiger partial charge in [-0.15, -0.1) is 0 Å². The zero-order valence-corrected chi connectivity index (χ0v) is 12.9. The number of amides is 1. The fourth-order valence-electron chi connectivity index (χ4n) is 3.21. The van der Waals surface area contributed by atoms with Crippen LogP contribution in [0.5, 0.6) is 0 Å². The average Bonchev–Trinajstić information content (AvgIpc) is 2.90. The van der Waals surface area contributed by atoms with Gasteiger partial charge in [0.15, 0.2) is 0 Å². The van der Waals surface area contributed by atoms with Crippen LogP contribution < -0.4 is 5.32 Å². The van der Waals surface area contributed by atoms with Gasteiger partial charge in [-0.1, -0.05) is 19.8 Å². The van der Waals surface area contributed by atoms with Crippen LogP contribution in [0.25, 0.3) is 0 Å². The molecule has 0 spiro atoms. The highest BCUT2D eigenvalue weighted by atomic mass is 16.4. The number of rotatable bonds is 4. The zero-order chi connectivity index (χ0) is 15.6. The molecule has 1 aliphatic rings. The quantitative estimate of drug-likeness (QED) is 0.896. The van der Waals surface area contributed by atoms with E-state index in [1.807, 2.05) is 37.6 Å². The topological polar surface area (TPSA) is 71.3 Å². The summed E-state index contributed by atoms with van der Waals surface area (Å²) in [5, 5.41) is 12.5. The molecular formula is C16H24N2O3. The van der Waals surface area contributed by atoms with Crippen LogP contribution in [0.2, 0.25) is 0 Å². The van der Waals surface area contributed by atoms with Crippen LogP contribution in [0.3, 0.4) is 0 Å². The van der Waals surface area contributed by atoms with E-state index < -0.39 is 11.5 Å². The molecule has 0 aromatic carbocycles. The van der Waals surface area contributed by atoms with Gasteiger partial charge in [0.1, 0.15) is 11.2 Å². The third kappa shape index (κ3) is 2.82. The fourth-order valence-corrected chi connectivity index (χ4v) is 3.21. The van der Waals surface area contributed by atoms with Gasteiger partial charge in [-0.3, -0.25) is 4.79 Å². The van der Waals surface area contributed by atoms with Crippen LogP contribution in [0.15, 0.2) is 18.3 Å². The van der Waals surface area contributed by atoms with E-state index in [4.69, 9.17) is 0 Å². The predicted molar refractivity (Wildman–Crippen MR) is 80.3 cm³/mol. The van der Waals surface area contributed by atoms with E-state index in [0.717, 1.165) is 19.3 Å². The molecule has 5 nitrogen and oxygen atoms in total. The second-order valence-corrected chi connectivity index (χ2v) is 6.27. The Morgan fingerprint density at radius 1 is 1.43 bits per heavy atom. The molecule has 2 atom stereocenters. The summed E-state index contributed by atoms with van der Waals surface area (Å²) >= 11 is 0. The van der Waals surface area contributed by atoms with Crippen molar-refractivity contribution in [3.63, 3.8) is 0 Å². The molecule has 5 heteroatoms. The van der Waals surface area contributed by atoms with Crippen molar-refractivity contribution in [2.45, 2.75) is 58.0 Å². The summed E-state index contributed by atoms with van der Waals surface area (Å²) in [6.45, 7) is 5.90. The lowest BCUT2D eigenvalue weighted by Crippen LogP contribution is -2.60.